The molecule has 0 aromatic carbocycles. The Labute approximate surface area is 124 Å². The van der Waals surface area contributed by atoms with Crippen molar-refractivity contribution < 1.29 is 4.79 Å². The number of nitrogens with zero attached hydrogens (tertiary/aromatic N) is 1. The average Bonchev–Trinajstić information content (AvgIpc) is 3.01. The van der Waals surface area contributed by atoms with E-state index in [0.717, 1.165) is 29.7 Å². The SMILES string of the molecule is CCC(CC)C(=O)NCc1ccnc(-c2ccsc2)c1. The van der Waals surface area contributed by atoms with Crippen LogP contribution in [0.2, 0.25) is 0 Å². The molecule has 0 aliphatic heterocycles. The molecule has 2 aromatic rings. The molecule has 0 bridgehead atoms. The Balaban J connectivity index is 2.00. The largest absolute Gasteiger partial charge is 0.352 e. The molecule has 20 heavy (non-hydrogen) atoms. The molecule has 0 radical (unpaired) electrons. The van der Waals surface area contributed by atoms with E-state index in [1.165, 1.54) is 0 Å². The number of carbonyl (C=O) groups excluding carboxylic acids is 1. The summed E-state index contributed by atoms with van der Waals surface area (Å²) in [4.78, 5) is 16.3. The number of amides is 1. The number of rotatable bonds is 6. The third-order valence-corrected chi connectivity index (χ3v) is 4.15. The van der Waals surface area contributed by atoms with Gasteiger partial charge < -0.3 is 5.32 Å². The van der Waals surface area contributed by atoms with Gasteiger partial charge in [-0.3, -0.25) is 9.78 Å². The molecule has 0 aliphatic carbocycles. The van der Waals surface area contributed by atoms with Gasteiger partial charge in [-0.25, -0.2) is 0 Å². The van der Waals surface area contributed by atoms with Gasteiger partial charge in [-0.2, -0.15) is 11.3 Å². The Kier molecular flexibility index (Phi) is 5.30. The van der Waals surface area contributed by atoms with Gasteiger partial charge in [0.1, 0.15) is 0 Å². The second-order valence-corrected chi connectivity index (χ2v) is 5.57. The molecular weight excluding hydrogens is 268 g/mol. The number of nitrogens with one attached hydrogen (secondary N) is 1. The normalized spacial score (nSPS) is 10.8. The van der Waals surface area contributed by atoms with Crippen molar-refractivity contribution in [2.45, 2.75) is 33.2 Å². The van der Waals surface area contributed by atoms with Crippen molar-refractivity contribution in [2.75, 3.05) is 0 Å². The molecular formula is C16H20N2OS. The summed E-state index contributed by atoms with van der Waals surface area (Å²) >= 11 is 1.66. The van der Waals surface area contributed by atoms with Gasteiger partial charge in [0.05, 0.1) is 5.69 Å². The monoisotopic (exact) mass is 288 g/mol. The van der Waals surface area contributed by atoms with Crippen LogP contribution in [0.4, 0.5) is 0 Å². The molecule has 4 heteroatoms. The molecule has 106 valence electrons. The lowest BCUT2D eigenvalue weighted by Crippen LogP contribution is -2.29. The molecule has 0 spiro atoms. The first-order valence-electron chi connectivity index (χ1n) is 6.99. The predicted molar refractivity (Wildman–Crippen MR) is 83.5 cm³/mol. The van der Waals surface area contributed by atoms with Gasteiger partial charge in [0.15, 0.2) is 0 Å². The van der Waals surface area contributed by atoms with Crippen LogP contribution >= 0.6 is 11.3 Å². The Morgan fingerprint density at radius 3 is 2.80 bits per heavy atom. The lowest BCUT2D eigenvalue weighted by Gasteiger charge is -2.13. The van der Waals surface area contributed by atoms with E-state index < -0.39 is 0 Å². The molecule has 1 N–H and O–H groups in total. The van der Waals surface area contributed by atoms with Gasteiger partial charge in [-0.15, -0.1) is 0 Å². The van der Waals surface area contributed by atoms with Crippen LogP contribution in [0.25, 0.3) is 11.3 Å². The zero-order chi connectivity index (χ0) is 14.4. The van der Waals surface area contributed by atoms with Crippen LogP contribution in [0.15, 0.2) is 35.2 Å². The van der Waals surface area contributed by atoms with Gasteiger partial charge in [0.25, 0.3) is 0 Å². The fourth-order valence-electron chi connectivity index (χ4n) is 2.15. The van der Waals surface area contributed by atoms with E-state index in [1.54, 1.807) is 17.5 Å². The summed E-state index contributed by atoms with van der Waals surface area (Å²) in [6, 6.07) is 6.04. The van der Waals surface area contributed by atoms with E-state index in [0.29, 0.717) is 6.54 Å². The van der Waals surface area contributed by atoms with Crippen LogP contribution in [-0.2, 0) is 11.3 Å². The van der Waals surface area contributed by atoms with Crippen LogP contribution < -0.4 is 5.32 Å². The van der Waals surface area contributed by atoms with E-state index in [4.69, 9.17) is 0 Å². The smallest absolute Gasteiger partial charge is 0.223 e. The minimum atomic E-state index is 0.119. The van der Waals surface area contributed by atoms with E-state index in [1.807, 2.05) is 17.5 Å². The van der Waals surface area contributed by atoms with E-state index >= 15 is 0 Å². The predicted octanol–water partition coefficient (Wildman–Crippen LogP) is 3.86. The minimum absolute atomic E-state index is 0.119. The van der Waals surface area contributed by atoms with E-state index in [2.05, 4.69) is 35.6 Å². The molecule has 0 aliphatic rings. The standard InChI is InChI=1S/C16H20N2OS/c1-3-13(4-2)16(19)18-10-12-5-7-17-15(9-12)14-6-8-20-11-14/h5-9,11,13H,3-4,10H2,1-2H3,(H,18,19). The van der Waals surface area contributed by atoms with Gasteiger partial charge >= 0.3 is 0 Å². The fraction of sp³-hybridized carbons (Fsp3) is 0.375. The highest BCUT2D eigenvalue weighted by molar-refractivity contribution is 7.08. The van der Waals surface area contributed by atoms with E-state index in [-0.39, 0.29) is 11.8 Å². The van der Waals surface area contributed by atoms with Crippen molar-refractivity contribution in [1.29, 1.82) is 0 Å². The maximum absolute atomic E-state index is 12.0. The third-order valence-electron chi connectivity index (χ3n) is 3.46. The van der Waals surface area contributed by atoms with Gasteiger partial charge in [-0.1, -0.05) is 13.8 Å². The third kappa shape index (κ3) is 3.67. The molecule has 0 saturated carbocycles. The van der Waals surface area contributed by atoms with Gasteiger partial charge in [-0.05, 0) is 42.0 Å². The van der Waals surface area contributed by atoms with Crippen LogP contribution in [0.5, 0.6) is 0 Å². The van der Waals surface area contributed by atoms with Gasteiger partial charge in [0.2, 0.25) is 5.91 Å². The summed E-state index contributed by atoms with van der Waals surface area (Å²) in [5.74, 6) is 0.261. The second-order valence-electron chi connectivity index (χ2n) is 4.79. The maximum Gasteiger partial charge on any atom is 0.223 e. The summed E-state index contributed by atoms with van der Waals surface area (Å²) in [5, 5.41) is 7.13. The first kappa shape index (κ1) is 14.7. The Morgan fingerprint density at radius 1 is 1.35 bits per heavy atom. The summed E-state index contributed by atoms with van der Waals surface area (Å²) in [6.45, 7) is 4.67. The number of carbonyl (C=O) groups is 1. The summed E-state index contributed by atoms with van der Waals surface area (Å²) in [6.07, 6.45) is 3.57. The molecule has 0 atom stereocenters. The van der Waals surface area contributed by atoms with Crippen molar-refractivity contribution in [3.05, 3.63) is 40.7 Å². The first-order valence-corrected chi connectivity index (χ1v) is 7.94. The van der Waals surface area contributed by atoms with Crippen molar-refractivity contribution in [3.63, 3.8) is 0 Å². The minimum Gasteiger partial charge on any atom is -0.352 e. The zero-order valence-corrected chi connectivity index (χ0v) is 12.7. The van der Waals surface area contributed by atoms with E-state index in [9.17, 15) is 4.79 Å². The Morgan fingerprint density at radius 2 is 2.15 bits per heavy atom. The Hall–Kier alpha value is -1.68. The zero-order valence-electron chi connectivity index (χ0n) is 11.9. The highest BCUT2D eigenvalue weighted by atomic mass is 32.1. The molecule has 2 rings (SSSR count). The molecule has 0 unspecified atom stereocenters. The number of pyridine rings is 1. The lowest BCUT2D eigenvalue weighted by atomic mass is 10.0. The average molecular weight is 288 g/mol. The number of aromatic nitrogens is 1. The van der Waals surface area contributed by atoms with Crippen molar-refractivity contribution >= 4 is 17.2 Å². The maximum atomic E-state index is 12.0. The number of hydrogen-bond acceptors (Lipinski definition) is 3. The lowest BCUT2D eigenvalue weighted by molar-refractivity contribution is -0.125. The number of thiophene rings is 1. The molecule has 3 nitrogen and oxygen atoms in total. The molecule has 2 heterocycles. The van der Waals surface area contributed by atoms with Gasteiger partial charge in [0, 0.05) is 29.6 Å². The first-order chi connectivity index (χ1) is 9.74. The quantitative estimate of drug-likeness (QED) is 0.877. The van der Waals surface area contributed by atoms with Crippen LogP contribution in [0, 0.1) is 5.92 Å². The van der Waals surface area contributed by atoms with Crippen molar-refractivity contribution in [1.82, 2.24) is 10.3 Å². The van der Waals surface area contributed by atoms with Crippen molar-refractivity contribution in [3.8, 4) is 11.3 Å². The highest BCUT2D eigenvalue weighted by Crippen LogP contribution is 2.20. The molecule has 2 aromatic heterocycles. The van der Waals surface area contributed by atoms with Crippen LogP contribution in [-0.4, -0.2) is 10.9 Å². The van der Waals surface area contributed by atoms with Crippen LogP contribution in [0.3, 0.4) is 0 Å². The summed E-state index contributed by atoms with van der Waals surface area (Å²) in [7, 11) is 0. The summed E-state index contributed by atoms with van der Waals surface area (Å²) in [5.41, 5.74) is 3.17. The van der Waals surface area contributed by atoms with Crippen LogP contribution in [0.1, 0.15) is 32.3 Å². The fourth-order valence-corrected chi connectivity index (χ4v) is 2.79. The number of hydrogen-bond donors (Lipinski definition) is 1. The van der Waals surface area contributed by atoms with Crippen molar-refractivity contribution in [2.24, 2.45) is 5.92 Å². The molecule has 0 fully saturated rings. The molecule has 0 saturated heterocycles. The second kappa shape index (κ2) is 7.20. The Bertz CT molecular complexity index is 547. The summed E-state index contributed by atoms with van der Waals surface area (Å²) < 4.78 is 0. The molecule has 1 amide bonds. The highest BCUT2D eigenvalue weighted by Gasteiger charge is 2.13. The topological polar surface area (TPSA) is 42.0 Å².